The van der Waals surface area contributed by atoms with Crippen molar-refractivity contribution in [3.8, 4) is 17.1 Å². The molecular weight excluding hydrogens is 286 g/mol. The van der Waals surface area contributed by atoms with Crippen molar-refractivity contribution in [1.82, 2.24) is 14.1 Å². The van der Waals surface area contributed by atoms with Gasteiger partial charge in [-0.1, -0.05) is 30.3 Å². The monoisotopic (exact) mass is 305 g/mol. The number of nitrogens with one attached hydrogen (secondary N) is 1. The van der Waals surface area contributed by atoms with E-state index >= 15 is 0 Å². The molecule has 0 fully saturated rings. The third kappa shape index (κ3) is 4.91. The molecule has 6 heteroatoms. The van der Waals surface area contributed by atoms with E-state index in [0.29, 0.717) is 11.6 Å². The molecule has 0 aliphatic rings. The zero-order chi connectivity index (χ0) is 15.3. The van der Waals surface area contributed by atoms with Crippen LogP contribution in [0, 0.1) is 0 Å². The molecule has 0 saturated carbocycles. The number of rotatable bonds is 6. The van der Waals surface area contributed by atoms with E-state index in [1.54, 1.807) is 0 Å². The van der Waals surface area contributed by atoms with Gasteiger partial charge in [-0.3, -0.25) is 4.79 Å². The molecule has 0 aliphatic carbocycles. The van der Waals surface area contributed by atoms with E-state index in [9.17, 15) is 4.79 Å². The molecule has 0 atom stereocenters. The summed E-state index contributed by atoms with van der Waals surface area (Å²) in [6.45, 7) is 6.31. The summed E-state index contributed by atoms with van der Waals surface area (Å²) in [5.41, 5.74) is 1.52. The third-order valence-corrected chi connectivity index (χ3v) is 3.20. The Kier molecular flexibility index (Phi) is 5.03. The Morgan fingerprint density at radius 1 is 1.24 bits per heavy atom. The van der Waals surface area contributed by atoms with Crippen LogP contribution < -0.4 is 10.1 Å². The first-order valence-electron chi connectivity index (χ1n) is 6.73. The predicted molar refractivity (Wildman–Crippen MR) is 83.6 cm³/mol. The van der Waals surface area contributed by atoms with Crippen LogP contribution in [-0.2, 0) is 4.79 Å². The lowest BCUT2D eigenvalue weighted by atomic mass is 10.1. The Morgan fingerprint density at radius 3 is 2.62 bits per heavy atom. The maximum Gasteiger partial charge on any atom is 0.254 e. The summed E-state index contributed by atoms with van der Waals surface area (Å²) in [5.74, 6) is 0.396. The van der Waals surface area contributed by atoms with Crippen LogP contribution in [0.5, 0.6) is 5.88 Å². The second-order valence-corrected chi connectivity index (χ2v) is 6.24. The lowest BCUT2D eigenvalue weighted by molar-refractivity contribution is -0.120. The fourth-order valence-corrected chi connectivity index (χ4v) is 2.13. The summed E-state index contributed by atoms with van der Waals surface area (Å²) in [6, 6.07) is 9.67. The molecule has 1 aromatic heterocycles. The van der Waals surface area contributed by atoms with Crippen LogP contribution >= 0.6 is 11.7 Å². The molecule has 2 rings (SSSR count). The largest absolute Gasteiger partial charge is 0.467 e. The maximum absolute atomic E-state index is 11.8. The molecule has 0 spiro atoms. The average Bonchev–Trinajstić information content (AvgIpc) is 2.91. The van der Waals surface area contributed by atoms with Gasteiger partial charge in [-0.05, 0) is 20.8 Å². The summed E-state index contributed by atoms with van der Waals surface area (Å²) in [6.07, 6.45) is 0. The predicted octanol–water partition coefficient (Wildman–Crippen LogP) is 2.54. The number of carbonyl (C=O) groups excluding carboxylic acids is 1. The van der Waals surface area contributed by atoms with Gasteiger partial charge in [-0.2, -0.15) is 4.37 Å². The van der Waals surface area contributed by atoms with E-state index in [1.165, 1.54) is 0 Å². The van der Waals surface area contributed by atoms with Crippen LogP contribution in [0.25, 0.3) is 11.3 Å². The molecule has 1 N–H and O–H groups in total. The molecule has 5 nitrogen and oxygen atoms in total. The normalized spacial score (nSPS) is 11.4. The first kappa shape index (κ1) is 15.6. The third-order valence-electron chi connectivity index (χ3n) is 2.69. The van der Waals surface area contributed by atoms with Gasteiger partial charge in [0.05, 0.1) is 18.3 Å². The molecule has 1 aromatic carbocycles. The van der Waals surface area contributed by atoms with Crippen LogP contribution in [0.2, 0.25) is 0 Å². The number of benzene rings is 1. The minimum absolute atomic E-state index is 0.00563. The molecule has 2 aromatic rings. The number of carbonyl (C=O) groups is 1. The Balaban J connectivity index is 1.93. The second kappa shape index (κ2) is 6.78. The molecule has 0 saturated heterocycles. The Hall–Kier alpha value is -1.79. The topological polar surface area (TPSA) is 64.1 Å². The first-order valence-corrected chi connectivity index (χ1v) is 7.46. The van der Waals surface area contributed by atoms with Crippen molar-refractivity contribution in [1.29, 1.82) is 0 Å². The van der Waals surface area contributed by atoms with Crippen molar-refractivity contribution in [2.75, 3.05) is 13.2 Å². The lowest BCUT2D eigenvalue weighted by Gasteiger charge is -2.19. The van der Waals surface area contributed by atoms with E-state index in [1.807, 2.05) is 51.1 Å². The van der Waals surface area contributed by atoms with E-state index in [2.05, 4.69) is 14.1 Å². The number of nitrogens with zero attached hydrogens (tertiary/aromatic N) is 2. The SMILES string of the molecule is CC(C)(C)NCC(=O)COc1nsnc1-c1ccccc1. The smallest absolute Gasteiger partial charge is 0.254 e. The zero-order valence-electron chi connectivity index (χ0n) is 12.4. The standard InChI is InChI=1S/C15H19N3O2S/c1-15(2,3)16-9-12(19)10-20-14-13(17-21-18-14)11-7-5-4-6-8-11/h4-8,16H,9-10H2,1-3H3. The minimum Gasteiger partial charge on any atom is -0.467 e. The summed E-state index contributed by atoms with van der Waals surface area (Å²) >= 11 is 1.08. The lowest BCUT2D eigenvalue weighted by Crippen LogP contribution is -2.40. The van der Waals surface area contributed by atoms with Crippen LogP contribution in [0.3, 0.4) is 0 Å². The van der Waals surface area contributed by atoms with E-state index < -0.39 is 0 Å². The van der Waals surface area contributed by atoms with Crippen molar-refractivity contribution in [2.24, 2.45) is 0 Å². The van der Waals surface area contributed by atoms with E-state index in [0.717, 1.165) is 17.3 Å². The van der Waals surface area contributed by atoms with Crippen molar-refractivity contribution in [3.05, 3.63) is 30.3 Å². The van der Waals surface area contributed by atoms with Crippen molar-refractivity contribution >= 4 is 17.5 Å². The van der Waals surface area contributed by atoms with Gasteiger partial charge < -0.3 is 10.1 Å². The second-order valence-electron chi connectivity index (χ2n) is 5.71. The van der Waals surface area contributed by atoms with Crippen LogP contribution in [0.15, 0.2) is 30.3 Å². The number of ether oxygens (including phenoxy) is 1. The van der Waals surface area contributed by atoms with Crippen molar-refractivity contribution in [2.45, 2.75) is 26.3 Å². The van der Waals surface area contributed by atoms with Gasteiger partial charge in [0.15, 0.2) is 5.78 Å². The Labute approximate surface area is 128 Å². The van der Waals surface area contributed by atoms with E-state index in [4.69, 9.17) is 4.74 Å². The van der Waals surface area contributed by atoms with Gasteiger partial charge in [0.25, 0.3) is 5.88 Å². The first-order chi connectivity index (χ1) is 9.96. The molecule has 0 aliphatic heterocycles. The Morgan fingerprint density at radius 2 is 1.95 bits per heavy atom. The van der Waals surface area contributed by atoms with Gasteiger partial charge in [0.1, 0.15) is 12.3 Å². The molecule has 112 valence electrons. The number of hydrogen-bond donors (Lipinski definition) is 1. The number of hydrogen-bond acceptors (Lipinski definition) is 6. The summed E-state index contributed by atoms with van der Waals surface area (Å²) < 4.78 is 13.8. The van der Waals surface area contributed by atoms with Crippen molar-refractivity contribution in [3.63, 3.8) is 0 Å². The number of aromatic nitrogens is 2. The quantitative estimate of drug-likeness (QED) is 0.888. The van der Waals surface area contributed by atoms with Crippen LogP contribution in [0.1, 0.15) is 20.8 Å². The number of Topliss-reactive ketones (excluding diaryl/α,β-unsaturated/α-hetero) is 1. The van der Waals surface area contributed by atoms with Gasteiger partial charge in [-0.25, -0.2) is 0 Å². The fraction of sp³-hybridized carbons (Fsp3) is 0.400. The molecule has 0 unspecified atom stereocenters. The Bertz CT molecular complexity index is 590. The summed E-state index contributed by atoms with van der Waals surface area (Å²) in [7, 11) is 0. The average molecular weight is 305 g/mol. The van der Waals surface area contributed by atoms with Gasteiger partial charge in [-0.15, -0.1) is 4.37 Å². The molecule has 0 bridgehead atoms. The highest BCUT2D eigenvalue weighted by Crippen LogP contribution is 2.27. The van der Waals surface area contributed by atoms with Gasteiger partial charge in [0.2, 0.25) is 0 Å². The fourth-order valence-electron chi connectivity index (χ4n) is 1.61. The molecule has 0 radical (unpaired) electrons. The molecular formula is C15H19N3O2S. The highest BCUT2D eigenvalue weighted by atomic mass is 32.1. The van der Waals surface area contributed by atoms with Crippen LogP contribution in [-0.4, -0.2) is 33.2 Å². The molecule has 21 heavy (non-hydrogen) atoms. The van der Waals surface area contributed by atoms with E-state index in [-0.39, 0.29) is 24.5 Å². The highest BCUT2D eigenvalue weighted by molar-refractivity contribution is 6.99. The zero-order valence-corrected chi connectivity index (χ0v) is 13.2. The molecule has 0 amide bonds. The van der Waals surface area contributed by atoms with Crippen molar-refractivity contribution < 1.29 is 9.53 Å². The maximum atomic E-state index is 11.8. The van der Waals surface area contributed by atoms with Crippen LogP contribution in [0.4, 0.5) is 0 Å². The molecule has 1 heterocycles. The highest BCUT2D eigenvalue weighted by Gasteiger charge is 2.15. The summed E-state index contributed by atoms with van der Waals surface area (Å²) in [5, 5.41) is 3.14. The van der Waals surface area contributed by atoms with Gasteiger partial charge >= 0.3 is 0 Å². The number of ketones is 1. The minimum atomic E-state index is -0.0902. The van der Waals surface area contributed by atoms with Gasteiger partial charge in [0, 0.05) is 11.1 Å². The summed E-state index contributed by atoms with van der Waals surface area (Å²) in [4.78, 5) is 11.8.